The highest BCUT2D eigenvalue weighted by atomic mass is 14.5. The molecule has 1 aliphatic carbocycles. The van der Waals surface area contributed by atoms with Gasteiger partial charge in [0.25, 0.3) is 0 Å². The van der Waals surface area contributed by atoms with Crippen LogP contribution in [0, 0.1) is 6.92 Å². The fraction of sp³-hybridized carbons (Fsp3) is 0.0811. The largest absolute Gasteiger partial charge is 0.0991 e. The Morgan fingerprint density at radius 3 is 1.89 bits per heavy atom. The van der Waals surface area contributed by atoms with E-state index in [0.29, 0.717) is 0 Å². The van der Waals surface area contributed by atoms with Gasteiger partial charge in [-0.3, -0.25) is 0 Å². The highest BCUT2D eigenvalue weighted by Crippen LogP contribution is 2.58. The maximum absolute atomic E-state index is 4.28. The van der Waals surface area contributed by atoms with Crippen LogP contribution in [0.1, 0.15) is 44.5 Å². The lowest BCUT2D eigenvalue weighted by atomic mass is 9.67. The molecule has 180 valence electrons. The van der Waals surface area contributed by atoms with E-state index in [0.717, 1.165) is 23.1 Å². The van der Waals surface area contributed by atoms with Gasteiger partial charge in [0.2, 0.25) is 0 Å². The van der Waals surface area contributed by atoms with Crippen LogP contribution in [0.3, 0.4) is 0 Å². The first-order valence-corrected chi connectivity index (χ1v) is 12.7. The number of allylic oxidation sites excluding steroid dienone is 4. The summed E-state index contributed by atoms with van der Waals surface area (Å²) in [4.78, 5) is 0. The van der Waals surface area contributed by atoms with Crippen molar-refractivity contribution in [2.24, 2.45) is 0 Å². The predicted octanol–water partition coefficient (Wildman–Crippen LogP) is 9.49. The molecule has 37 heavy (non-hydrogen) atoms. The Labute approximate surface area is 221 Å². The standard InChI is InChI=1S/C37H32/c1-6-16-27(7-2)24-28-25-35-36(32(9-4)31(28)8-3)33-22-21-26(5)23-34(33)37(35,29-17-12-10-13-18-29)30-19-14-11-15-20-30/h6-23,25H,1-4,24H2,5H3/b27-16+. The van der Waals surface area contributed by atoms with E-state index in [1.54, 1.807) is 0 Å². The van der Waals surface area contributed by atoms with Gasteiger partial charge < -0.3 is 0 Å². The average molecular weight is 477 g/mol. The second kappa shape index (κ2) is 9.91. The van der Waals surface area contributed by atoms with Crippen LogP contribution in [0.5, 0.6) is 0 Å². The first-order chi connectivity index (χ1) is 18.1. The van der Waals surface area contributed by atoms with Crippen molar-refractivity contribution >= 4 is 12.2 Å². The topological polar surface area (TPSA) is 0 Å². The summed E-state index contributed by atoms with van der Waals surface area (Å²) in [5, 5.41) is 0. The van der Waals surface area contributed by atoms with Crippen LogP contribution in [-0.2, 0) is 11.8 Å². The molecule has 0 radical (unpaired) electrons. The molecule has 0 unspecified atom stereocenters. The normalized spacial score (nSPS) is 13.4. The molecule has 0 N–H and O–H groups in total. The molecule has 0 saturated carbocycles. The molecule has 0 bridgehead atoms. The second-order valence-electron chi connectivity index (χ2n) is 9.58. The molecule has 5 rings (SSSR count). The van der Waals surface area contributed by atoms with E-state index < -0.39 is 5.41 Å². The van der Waals surface area contributed by atoms with Crippen LogP contribution < -0.4 is 0 Å². The van der Waals surface area contributed by atoms with E-state index >= 15 is 0 Å². The van der Waals surface area contributed by atoms with Gasteiger partial charge in [-0.05, 0) is 69.0 Å². The quantitative estimate of drug-likeness (QED) is 0.196. The Kier molecular flexibility index (Phi) is 6.51. The summed E-state index contributed by atoms with van der Waals surface area (Å²) in [7, 11) is 0. The van der Waals surface area contributed by atoms with E-state index in [1.165, 1.54) is 44.5 Å². The fourth-order valence-electron chi connectivity index (χ4n) is 6.03. The van der Waals surface area contributed by atoms with Crippen molar-refractivity contribution in [3.8, 4) is 11.1 Å². The Bertz CT molecular complexity index is 1510. The van der Waals surface area contributed by atoms with Crippen LogP contribution in [0.4, 0.5) is 0 Å². The molecular weight excluding hydrogens is 444 g/mol. The molecule has 0 heteroatoms. The summed E-state index contributed by atoms with van der Waals surface area (Å²) in [5.74, 6) is 0. The van der Waals surface area contributed by atoms with Gasteiger partial charge in [-0.2, -0.15) is 0 Å². The fourth-order valence-corrected chi connectivity index (χ4v) is 6.03. The summed E-state index contributed by atoms with van der Waals surface area (Å²) >= 11 is 0. The van der Waals surface area contributed by atoms with Crippen LogP contribution in [0.2, 0.25) is 0 Å². The summed E-state index contributed by atoms with van der Waals surface area (Å²) in [6.45, 7) is 18.6. The molecule has 0 heterocycles. The zero-order valence-corrected chi connectivity index (χ0v) is 21.5. The van der Waals surface area contributed by atoms with E-state index in [1.807, 2.05) is 30.4 Å². The van der Waals surface area contributed by atoms with Crippen molar-refractivity contribution < 1.29 is 0 Å². The second-order valence-corrected chi connectivity index (χ2v) is 9.58. The minimum absolute atomic E-state index is 0.456. The van der Waals surface area contributed by atoms with E-state index in [2.05, 4.69) is 118 Å². The van der Waals surface area contributed by atoms with E-state index in [-0.39, 0.29) is 0 Å². The molecule has 0 spiro atoms. The minimum Gasteiger partial charge on any atom is -0.0991 e. The molecule has 1 aliphatic rings. The number of aryl methyl sites for hydroxylation is 1. The van der Waals surface area contributed by atoms with Crippen molar-refractivity contribution in [2.75, 3.05) is 0 Å². The molecule has 0 aliphatic heterocycles. The number of hydrogen-bond donors (Lipinski definition) is 0. The van der Waals surface area contributed by atoms with E-state index in [4.69, 9.17) is 0 Å². The lowest BCUT2D eigenvalue weighted by molar-refractivity contribution is 0.765. The van der Waals surface area contributed by atoms with Crippen LogP contribution in [0.25, 0.3) is 23.3 Å². The molecule has 0 fully saturated rings. The zero-order chi connectivity index (χ0) is 26.0. The maximum atomic E-state index is 4.28. The third-order valence-corrected chi connectivity index (χ3v) is 7.56. The van der Waals surface area contributed by atoms with Gasteiger partial charge in [-0.1, -0.05) is 147 Å². The highest BCUT2D eigenvalue weighted by molar-refractivity contribution is 5.94. The molecular formula is C37H32. The summed E-state index contributed by atoms with van der Waals surface area (Å²) < 4.78 is 0. The lowest BCUT2D eigenvalue weighted by Gasteiger charge is -2.34. The van der Waals surface area contributed by atoms with Crippen molar-refractivity contribution in [1.29, 1.82) is 0 Å². The summed E-state index contributed by atoms with van der Waals surface area (Å²) in [6.07, 6.45) is 10.5. The molecule has 0 saturated heterocycles. The minimum atomic E-state index is -0.456. The van der Waals surface area contributed by atoms with Gasteiger partial charge in [-0.25, -0.2) is 0 Å². The monoisotopic (exact) mass is 476 g/mol. The van der Waals surface area contributed by atoms with Crippen molar-refractivity contribution in [1.82, 2.24) is 0 Å². The van der Waals surface area contributed by atoms with Gasteiger partial charge in [0, 0.05) is 0 Å². The average Bonchev–Trinajstić information content (AvgIpc) is 3.22. The Morgan fingerprint density at radius 1 is 0.730 bits per heavy atom. The molecule has 0 nitrogen and oxygen atoms in total. The Balaban J connectivity index is 1.99. The van der Waals surface area contributed by atoms with Crippen molar-refractivity contribution in [3.05, 3.63) is 180 Å². The Hall–Kier alpha value is -4.42. The number of fused-ring (bicyclic) bond motifs is 3. The van der Waals surface area contributed by atoms with Gasteiger partial charge in [0.05, 0.1) is 5.41 Å². The van der Waals surface area contributed by atoms with Crippen molar-refractivity contribution in [2.45, 2.75) is 18.8 Å². The van der Waals surface area contributed by atoms with Gasteiger partial charge in [0.1, 0.15) is 0 Å². The number of hydrogen-bond acceptors (Lipinski definition) is 0. The third-order valence-electron chi connectivity index (χ3n) is 7.56. The van der Waals surface area contributed by atoms with E-state index in [9.17, 15) is 0 Å². The van der Waals surface area contributed by atoms with Crippen LogP contribution in [0.15, 0.2) is 135 Å². The smallest absolute Gasteiger partial charge is 0.0713 e. The SMILES string of the molecule is C=C/C=C(\C=C)Cc1cc2c(c(C=C)c1C=C)-c1ccc(C)cc1C2(c1ccccc1)c1ccccc1. The maximum Gasteiger partial charge on any atom is 0.0713 e. The number of benzene rings is 4. The first kappa shape index (κ1) is 24.3. The molecule has 0 aromatic heterocycles. The molecule has 4 aromatic carbocycles. The molecule has 0 amide bonds. The van der Waals surface area contributed by atoms with Gasteiger partial charge >= 0.3 is 0 Å². The van der Waals surface area contributed by atoms with Crippen LogP contribution in [-0.4, -0.2) is 0 Å². The third kappa shape index (κ3) is 3.77. The molecule has 4 aromatic rings. The summed E-state index contributed by atoms with van der Waals surface area (Å²) in [6, 6.07) is 31.0. The zero-order valence-electron chi connectivity index (χ0n) is 21.5. The Morgan fingerprint density at radius 2 is 1.35 bits per heavy atom. The molecule has 0 atom stereocenters. The summed E-state index contributed by atoms with van der Waals surface area (Å²) in [5.41, 5.74) is 12.9. The van der Waals surface area contributed by atoms with Gasteiger partial charge in [-0.15, -0.1) is 0 Å². The van der Waals surface area contributed by atoms with Gasteiger partial charge in [0.15, 0.2) is 0 Å². The van der Waals surface area contributed by atoms with Crippen molar-refractivity contribution in [3.63, 3.8) is 0 Å². The highest BCUT2D eigenvalue weighted by Gasteiger charge is 2.47. The van der Waals surface area contributed by atoms with Crippen LogP contribution >= 0.6 is 0 Å². The predicted molar refractivity (Wildman–Crippen MR) is 161 cm³/mol. The number of rotatable bonds is 8. The first-order valence-electron chi connectivity index (χ1n) is 12.7. The lowest BCUT2D eigenvalue weighted by Crippen LogP contribution is -2.29.